The molecule has 4 atom stereocenters. The molecule has 2 fully saturated rings. The van der Waals surface area contributed by atoms with E-state index in [2.05, 4.69) is 10.6 Å². The molecule has 0 aromatic carbocycles. The third-order valence-electron chi connectivity index (χ3n) is 5.97. The average Bonchev–Trinajstić information content (AvgIpc) is 3.40. The Morgan fingerprint density at radius 3 is 2.24 bits per heavy atom. The molecule has 0 bridgehead atoms. The fourth-order valence-corrected chi connectivity index (χ4v) is 4.06. The van der Waals surface area contributed by atoms with Crippen molar-refractivity contribution < 1.29 is 24.2 Å². The van der Waals surface area contributed by atoms with E-state index in [9.17, 15) is 19.5 Å². The number of ether oxygens (including phenoxy) is 1. The number of hydrogen-bond donors (Lipinski definition) is 3. The van der Waals surface area contributed by atoms with E-state index in [1.807, 2.05) is 27.7 Å². The first kappa shape index (κ1) is 23.6. The molecular formula is C22H38N2O5. The number of carbonyl (C=O) groups is 3. The lowest BCUT2D eigenvalue weighted by Gasteiger charge is -2.29. The summed E-state index contributed by atoms with van der Waals surface area (Å²) >= 11 is 0. The molecule has 0 aromatic rings. The van der Waals surface area contributed by atoms with Gasteiger partial charge in [-0.15, -0.1) is 0 Å². The number of aliphatic hydroxyl groups excluding tert-OH is 1. The standard InChI is InChI=1S/C22H38N2O5/c1-13(2)10-17(23-22(28)29-12-15-8-6-5-7-9-15)21(27)24-19(14(3)4)20(26)16-11-18(16)25/h13-17,19-20,26H,5-12H2,1-4H3,(H,23,28)(H,24,27)/t16?,17-,19-,20?/m0/s1. The molecule has 2 aliphatic carbocycles. The van der Waals surface area contributed by atoms with Gasteiger partial charge in [-0.05, 0) is 37.0 Å². The maximum Gasteiger partial charge on any atom is 0.407 e. The van der Waals surface area contributed by atoms with Crippen LogP contribution in [-0.4, -0.2) is 47.7 Å². The molecule has 166 valence electrons. The Balaban J connectivity index is 1.91. The minimum atomic E-state index is -0.899. The van der Waals surface area contributed by atoms with Crippen molar-refractivity contribution in [3.05, 3.63) is 0 Å². The molecule has 3 N–H and O–H groups in total. The van der Waals surface area contributed by atoms with Crippen molar-refractivity contribution in [2.75, 3.05) is 6.61 Å². The minimum Gasteiger partial charge on any atom is -0.449 e. The van der Waals surface area contributed by atoms with Crippen molar-refractivity contribution in [3.63, 3.8) is 0 Å². The van der Waals surface area contributed by atoms with Crippen LogP contribution in [0.4, 0.5) is 4.79 Å². The topological polar surface area (TPSA) is 105 Å². The number of alkyl carbamates (subject to hydrolysis) is 1. The molecule has 2 rings (SSSR count). The Morgan fingerprint density at radius 1 is 1.10 bits per heavy atom. The smallest absolute Gasteiger partial charge is 0.407 e. The summed E-state index contributed by atoms with van der Waals surface area (Å²) in [6.45, 7) is 8.13. The van der Waals surface area contributed by atoms with Gasteiger partial charge in [-0.25, -0.2) is 4.79 Å². The van der Waals surface area contributed by atoms with E-state index in [-0.39, 0.29) is 29.4 Å². The first-order valence-corrected chi connectivity index (χ1v) is 11.1. The lowest BCUT2D eigenvalue weighted by Crippen LogP contribution is -2.55. The van der Waals surface area contributed by atoms with Crippen LogP contribution in [0.1, 0.15) is 72.6 Å². The Kier molecular flexibility index (Phi) is 8.93. The van der Waals surface area contributed by atoms with Crippen LogP contribution in [0.15, 0.2) is 0 Å². The van der Waals surface area contributed by atoms with E-state index >= 15 is 0 Å². The summed E-state index contributed by atoms with van der Waals surface area (Å²) in [5.41, 5.74) is 0. The number of nitrogens with one attached hydrogen (secondary N) is 2. The molecule has 7 nitrogen and oxygen atoms in total. The number of ketones is 1. The Labute approximate surface area is 174 Å². The number of carbonyl (C=O) groups excluding carboxylic acids is 3. The number of Topliss-reactive ketones (excluding diaryl/α,β-unsaturated/α-hetero) is 1. The quantitative estimate of drug-likeness (QED) is 0.514. The van der Waals surface area contributed by atoms with Crippen LogP contribution < -0.4 is 10.6 Å². The SMILES string of the molecule is CC(C)C[C@H](NC(=O)OCC1CCCCC1)C(=O)N[C@@H](C(C)C)C(O)C1CC1=O. The highest BCUT2D eigenvalue weighted by Crippen LogP contribution is 2.31. The Morgan fingerprint density at radius 2 is 1.72 bits per heavy atom. The summed E-state index contributed by atoms with van der Waals surface area (Å²) in [4.78, 5) is 36.6. The first-order chi connectivity index (χ1) is 13.7. The predicted octanol–water partition coefficient (Wildman–Crippen LogP) is 2.80. The van der Waals surface area contributed by atoms with E-state index in [0.717, 1.165) is 12.8 Å². The number of hydrogen-bond acceptors (Lipinski definition) is 5. The van der Waals surface area contributed by atoms with E-state index in [1.54, 1.807) is 0 Å². The summed E-state index contributed by atoms with van der Waals surface area (Å²) < 4.78 is 5.38. The van der Waals surface area contributed by atoms with Crippen molar-refractivity contribution in [3.8, 4) is 0 Å². The van der Waals surface area contributed by atoms with Crippen molar-refractivity contribution in [1.29, 1.82) is 0 Å². The van der Waals surface area contributed by atoms with Crippen LogP contribution in [0.5, 0.6) is 0 Å². The molecule has 0 radical (unpaired) electrons. The van der Waals surface area contributed by atoms with Gasteiger partial charge in [0.1, 0.15) is 11.8 Å². The van der Waals surface area contributed by atoms with Crippen LogP contribution in [-0.2, 0) is 14.3 Å². The third kappa shape index (κ3) is 7.61. The van der Waals surface area contributed by atoms with Gasteiger partial charge in [-0.2, -0.15) is 0 Å². The third-order valence-corrected chi connectivity index (χ3v) is 5.97. The van der Waals surface area contributed by atoms with Crippen LogP contribution >= 0.6 is 0 Å². The summed E-state index contributed by atoms with van der Waals surface area (Å²) in [5, 5.41) is 16.0. The molecule has 29 heavy (non-hydrogen) atoms. The van der Waals surface area contributed by atoms with Crippen molar-refractivity contribution in [1.82, 2.24) is 10.6 Å². The molecule has 0 aliphatic heterocycles. The van der Waals surface area contributed by atoms with Crippen LogP contribution in [0.2, 0.25) is 0 Å². The van der Waals surface area contributed by atoms with E-state index in [0.29, 0.717) is 25.4 Å². The maximum absolute atomic E-state index is 12.9. The fraction of sp³-hybridized carbons (Fsp3) is 0.864. The van der Waals surface area contributed by atoms with Crippen molar-refractivity contribution in [2.45, 2.75) is 90.8 Å². The zero-order chi connectivity index (χ0) is 21.6. The zero-order valence-corrected chi connectivity index (χ0v) is 18.3. The van der Waals surface area contributed by atoms with Gasteiger partial charge < -0.3 is 20.5 Å². The average molecular weight is 411 g/mol. The zero-order valence-electron chi connectivity index (χ0n) is 18.3. The second-order valence-electron chi connectivity index (χ2n) is 9.47. The van der Waals surface area contributed by atoms with Crippen molar-refractivity contribution >= 4 is 17.8 Å². The molecule has 0 spiro atoms. The lowest BCUT2D eigenvalue weighted by molar-refractivity contribution is -0.126. The molecule has 0 saturated heterocycles. The largest absolute Gasteiger partial charge is 0.449 e. The predicted molar refractivity (Wildman–Crippen MR) is 110 cm³/mol. The van der Waals surface area contributed by atoms with Gasteiger partial charge in [0.25, 0.3) is 0 Å². The van der Waals surface area contributed by atoms with Gasteiger partial charge in [0.05, 0.1) is 24.7 Å². The highest BCUT2D eigenvalue weighted by atomic mass is 16.5. The van der Waals surface area contributed by atoms with Gasteiger partial charge in [0.2, 0.25) is 5.91 Å². The van der Waals surface area contributed by atoms with Gasteiger partial charge in [-0.1, -0.05) is 47.0 Å². The highest BCUT2D eigenvalue weighted by Gasteiger charge is 2.45. The van der Waals surface area contributed by atoms with Crippen molar-refractivity contribution in [2.24, 2.45) is 23.7 Å². The monoisotopic (exact) mass is 410 g/mol. The fourth-order valence-electron chi connectivity index (χ4n) is 4.06. The van der Waals surface area contributed by atoms with Crippen LogP contribution in [0, 0.1) is 23.7 Å². The van der Waals surface area contributed by atoms with E-state index in [4.69, 9.17) is 4.74 Å². The van der Waals surface area contributed by atoms with Gasteiger partial charge >= 0.3 is 6.09 Å². The van der Waals surface area contributed by atoms with Gasteiger partial charge in [-0.3, -0.25) is 9.59 Å². The summed E-state index contributed by atoms with van der Waals surface area (Å²) in [6.07, 6.45) is 5.12. The molecule has 7 heteroatoms. The summed E-state index contributed by atoms with van der Waals surface area (Å²) in [5.74, 6) is -0.153. The molecule has 0 aromatic heterocycles. The summed E-state index contributed by atoms with van der Waals surface area (Å²) in [7, 11) is 0. The van der Waals surface area contributed by atoms with Gasteiger partial charge in [0, 0.05) is 6.42 Å². The van der Waals surface area contributed by atoms with Crippen LogP contribution in [0.3, 0.4) is 0 Å². The Hall–Kier alpha value is -1.63. The van der Waals surface area contributed by atoms with Gasteiger partial charge in [0.15, 0.2) is 0 Å². The molecule has 0 heterocycles. The number of amides is 2. The normalized spacial score (nSPS) is 22.9. The second kappa shape index (κ2) is 11.0. The second-order valence-corrected chi connectivity index (χ2v) is 9.47. The number of aliphatic hydroxyl groups is 1. The van der Waals surface area contributed by atoms with Crippen LogP contribution in [0.25, 0.3) is 0 Å². The molecule has 2 unspecified atom stereocenters. The molecular weight excluding hydrogens is 372 g/mol. The molecule has 2 amide bonds. The molecule has 2 aliphatic rings. The minimum absolute atomic E-state index is 0.0283. The Bertz CT molecular complexity index is 572. The lowest BCUT2D eigenvalue weighted by atomic mass is 9.90. The first-order valence-electron chi connectivity index (χ1n) is 11.1. The number of rotatable bonds is 10. The van der Waals surface area contributed by atoms with E-state index in [1.165, 1.54) is 19.3 Å². The molecule has 2 saturated carbocycles. The maximum atomic E-state index is 12.9. The summed E-state index contributed by atoms with van der Waals surface area (Å²) in [6, 6.07) is -1.27. The highest BCUT2D eigenvalue weighted by molar-refractivity contribution is 5.96. The van der Waals surface area contributed by atoms with E-state index < -0.39 is 24.3 Å².